The fourth-order valence-electron chi connectivity index (χ4n) is 3.29. The number of nitrogens with one attached hydrogen (secondary N) is 3. The third kappa shape index (κ3) is 3.28. The predicted octanol–water partition coefficient (Wildman–Crippen LogP) is 2.18. The van der Waals surface area contributed by atoms with Gasteiger partial charge in [-0.3, -0.25) is 9.89 Å². The Morgan fingerprint density at radius 2 is 2.00 bits per heavy atom. The average Bonchev–Trinajstić information content (AvgIpc) is 2.96. The van der Waals surface area contributed by atoms with Gasteiger partial charge in [-0.1, -0.05) is 0 Å². The molecule has 0 radical (unpaired) electrons. The molecule has 1 aliphatic rings. The number of carbonyl (C=O) groups excluding carboxylic acids is 1. The number of fused-ring (bicyclic) bond motifs is 1. The molecular formula is C16H20N4O3. The lowest BCUT2D eigenvalue weighted by molar-refractivity contribution is 0.0923. The molecule has 1 aromatic carbocycles. The molecule has 7 nitrogen and oxygen atoms in total. The molecule has 1 aromatic heterocycles. The van der Waals surface area contributed by atoms with E-state index in [1.807, 2.05) is 13.0 Å². The second-order valence-corrected chi connectivity index (χ2v) is 6.05. The first-order valence-corrected chi connectivity index (χ1v) is 7.77. The van der Waals surface area contributed by atoms with Gasteiger partial charge in [0.1, 0.15) is 0 Å². The monoisotopic (exact) mass is 316 g/mol. The van der Waals surface area contributed by atoms with E-state index in [4.69, 9.17) is 5.11 Å². The van der Waals surface area contributed by atoms with Crippen LogP contribution in [0.2, 0.25) is 0 Å². The van der Waals surface area contributed by atoms with Gasteiger partial charge in [0, 0.05) is 23.0 Å². The summed E-state index contributed by atoms with van der Waals surface area (Å²) in [6.07, 6.45) is 3.92. The van der Waals surface area contributed by atoms with Crippen LogP contribution in [0.1, 0.15) is 41.6 Å². The van der Waals surface area contributed by atoms with Crippen LogP contribution in [0, 0.1) is 6.92 Å². The third-order valence-electron chi connectivity index (χ3n) is 4.48. The topological polar surface area (TPSA) is 107 Å². The number of carbonyl (C=O) groups is 2. The smallest absolute Gasteiger partial charge is 0.404 e. The van der Waals surface area contributed by atoms with Crippen molar-refractivity contribution >= 4 is 22.9 Å². The van der Waals surface area contributed by atoms with Crippen molar-refractivity contribution in [2.24, 2.45) is 0 Å². The Balaban J connectivity index is 1.70. The summed E-state index contributed by atoms with van der Waals surface area (Å²) >= 11 is 0. The number of hydrogen-bond donors (Lipinski definition) is 4. The minimum Gasteiger partial charge on any atom is -0.465 e. The van der Waals surface area contributed by atoms with Crippen LogP contribution in [0.15, 0.2) is 18.3 Å². The summed E-state index contributed by atoms with van der Waals surface area (Å²) in [5.74, 6) is -0.119. The Kier molecular flexibility index (Phi) is 4.18. The quantitative estimate of drug-likeness (QED) is 0.696. The van der Waals surface area contributed by atoms with Crippen LogP contribution in [-0.4, -0.2) is 39.4 Å². The van der Waals surface area contributed by atoms with Gasteiger partial charge in [0.2, 0.25) is 0 Å². The number of nitrogens with zero attached hydrogens (tertiary/aromatic N) is 1. The summed E-state index contributed by atoms with van der Waals surface area (Å²) in [4.78, 5) is 23.3. The first-order chi connectivity index (χ1) is 11.0. The standard InChI is InChI=1S/C16H20N4O3/c1-9-12(5-6-14-13(9)8-17-20-14)15(21)18-10-3-2-4-11(7-10)19-16(22)23/h5-6,8,10-11,19H,2-4,7H2,1H3,(H,17,20)(H,18,21)(H,22,23). The molecule has 7 heteroatoms. The molecule has 1 aliphatic carbocycles. The minimum absolute atomic E-state index is 0.00690. The van der Waals surface area contributed by atoms with E-state index in [1.54, 1.807) is 12.3 Å². The SMILES string of the molecule is Cc1c(C(=O)NC2CCCC(NC(=O)O)C2)ccc2[nH]ncc12. The number of aryl methyl sites for hydroxylation is 1. The molecule has 2 atom stereocenters. The Hall–Kier alpha value is -2.57. The van der Waals surface area contributed by atoms with E-state index in [1.165, 1.54) is 0 Å². The van der Waals surface area contributed by atoms with Gasteiger partial charge in [-0.05, 0) is 50.3 Å². The fourth-order valence-corrected chi connectivity index (χ4v) is 3.29. The Morgan fingerprint density at radius 1 is 1.26 bits per heavy atom. The van der Waals surface area contributed by atoms with Crippen molar-refractivity contribution in [2.45, 2.75) is 44.7 Å². The predicted molar refractivity (Wildman–Crippen MR) is 85.5 cm³/mol. The fraction of sp³-hybridized carbons (Fsp3) is 0.438. The highest BCUT2D eigenvalue weighted by molar-refractivity contribution is 6.00. The van der Waals surface area contributed by atoms with Crippen LogP contribution >= 0.6 is 0 Å². The number of aromatic amines is 1. The molecule has 2 aromatic rings. The molecule has 4 N–H and O–H groups in total. The molecule has 0 aliphatic heterocycles. The number of aromatic nitrogens is 2. The number of H-pyrrole nitrogens is 1. The molecule has 2 unspecified atom stereocenters. The van der Waals surface area contributed by atoms with Crippen molar-refractivity contribution < 1.29 is 14.7 Å². The van der Waals surface area contributed by atoms with Gasteiger partial charge in [0.05, 0.1) is 11.7 Å². The number of amides is 2. The van der Waals surface area contributed by atoms with Gasteiger partial charge >= 0.3 is 6.09 Å². The zero-order valence-electron chi connectivity index (χ0n) is 12.9. The van der Waals surface area contributed by atoms with Gasteiger partial charge in [-0.25, -0.2) is 4.79 Å². The molecule has 1 heterocycles. The molecule has 0 spiro atoms. The van der Waals surface area contributed by atoms with E-state index in [2.05, 4.69) is 20.8 Å². The highest BCUT2D eigenvalue weighted by Gasteiger charge is 2.25. The molecule has 122 valence electrons. The molecule has 0 bridgehead atoms. The molecule has 0 saturated heterocycles. The number of hydrogen-bond acceptors (Lipinski definition) is 3. The van der Waals surface area contributed by atoms with E-state index in [9.17, 15) is 9.59 Å². The normalized spacial score (nSPS) is 21.1. The van der Waals surface area contributed by atoms with Gasteiger partial charge in [-0.2, -0.15) is 5.10 Å². The zero-order valence-corrected chi connectivity index (χ0v) is 12.9. The van der Waals surface area contributed by atoms with Crippen molar-refractivity contribution in [3.63, 3.8) is 0 Å². The summed E-state index contributed by atoms with van der Waals surface area (Å²) < 4.78 is 0. The average molecular weight is 316 g/mol. The van der Waals surface area contributed by atoms with Crippen LogP contribution in [0.4, 0.5) is 4.79 Å². The Bertz CT molecular complexity index is 740. The number of rotatable bonds is 3. The lowest BCUT2D eigenvalue weighted by Crippen LogP contribution is -2.45. The molecule has 1 fully saturated rings. The summed E-state index contributed by atoms with van der Waals surface area (Å²) in [5.41, 5.74) is 2.43. The summed E-state index contributed by atoms with van der Waals surface area (Å²) in [6.45, 7) is 1.91. The van der Waals surface area contributed by atoms with Crippen LogP contribution < -0.4 is 10.6 Å². The van der Waals surface area contributed by atoms with E-state index in [-0.39, 0.29) is 18.0 Å². The molecule has 1 saturated carbocycles. The summed E-state index contributed by atoms with van der Waals surface area (Å²) in [7, 11) is 0. The second-order valence-electron chi connectivity index (χ2n) is 6.05. The van der Waals surface area contributed by atoms with Crippen molar-refractivity contribution in [3.8, 4) is 0 Å². The van der Waals surface area contributed by atoms with Crippen LogP contribution in [0.5, 0.6) is 0 Å². The van der Waals surface area contributed by atoms with E-state index < -0.39 is 6.09 Å². The maximum atomic E-state index is 12.5. The minimum atomic E-state index is -1.01. The maximum Gasteiger partial charge on any atom is 0.404 e. The highest BCUT2D eigenvalue weighted by atomic mass is 16.4. The van der Waals surface area contributed by atoms with Crippen molar-refractivity contribution in [2.75, 3.05) is 0 Å². The zero-order chi connectivity index (χ0) is 16.4. The van der Waals surface area contributed by atoms with Crippen molar-refractivity contribution in [1.82, 2.24) is 20.8 Å². The van der Waals surface area contributed by atoms with Gasteiger partial charge in [0.15, 0.2) is 0 Å². The lowest BCUT2D eigenvalue weighted by Gasteiger charge is -2.29. The van der Waals surface area contributed by atoms with Crippen LogP contribution in [0.3, 0.4) is 0 Å². The highest BCUT2D eigenvalue weighted by Crippen LogP contribution is 2.22. The van der Waals surface area contributed by atoms with Gasteiger partial charge in [0.25, 0.3) is 5.91 Å². The first kappa shape index (κ1) is 15.3. The van der Waals surface area contributed by atoms with Crippen molar-refractivity contribution in [1.29, 1.82) is 0 Å². The number of benzene rings is 1. The second kappa shape index (κ2) is 6.28. The van der Waals surface area contributed by atoms with Crippen LogP contribution in [0.25, 0.3) is 10.9 Å². The lowest BCUT2D eigenvalue weighted by atomic mass is 9.90. The third-order valence-corrected chi connectivity index (χ3v) is 4.48. The molecule has 2 amide bonds. The summed E-state index contributed by atoms with van der Waals surface area (Å²) in [6, 6.07) is 3.54. The molecule has 23 heavy (non-hydrogen) atoms. The Labute approximate surface area is 133 Å². The Morgan fingerprint density at radius 3 is 2.74 bits per heavy atom. The van der Waals surface area contributed by atoms with Gasteiger partial charge in [-0.15, -0.1) is 0 Å². The molecule has 3 rings (SSSR count). The van der Waals surface area contributed by atoms with E-state index in [0.717, 1.165) is 35.7 Å². The first-order valence-electron chi connectivity index (χ1n) is 7.77. The largest absolute Gasteiger partial charge is 0.465 e. The van der Waals surface area contributed by atoms with Gasteiger partial charge < -0.3 is 15.7 Å². The maximum absolute atomic E-state index is 12.5. The van der Waals surface area contributed by atoms with E-state index in [0.29, 0.717) is 12.0 Å². The van der Waals surface area contributed by atoms with Crippen molar-refractivity contribution in [3.05, 3.63) is 29.5 Å². The number of carboxylic acid groups (broad SMARTS) is 1. The molecular weight excluding hydrogens is 296 g/mol. The van der Waals surface area contributed by atoms with Crippen LogP contribution in [-0.2, 0) is 0 Å². The summed E-state index contributed by atoms with van der Waals surface area (Å²) in [5, 5.41) is 22.2. The van der Waals surface area contributed by atoms with E-state index >= 15 is 0 Å².